The zero-order valence-corrected chi connectivity index (χ0v) is 21.4. The molecule has 4 heterocycles. The van der Waals surface area contributed by atoms with E-state index in [-0.39, 0.29) is 35.9 Å². The van der Waals surface area contributed by atoms with Crippen molar-refractivity contribution in [2.75, 3.05) is 5.75 Å². The van der Waals surface area contributed by atoms with Gasteiger partial charge in [0.15, 0.2) is 16.7 Å². The summed E-state index contributed by atoms with van der Waals surface area (Å²) in [6, 6.07) is 15.4. The maximum absolute atomic E-state index is 13.3. The van der Waals surface area contributed by atoms with Gasteiger partial charge >= 0.3 is 0 Å². The molecule has 5 rings (SSSR count). The predicted octanol–water partition coefficient (Wildman–Crippen LogP) is 4.18. The summed E-state index contributed by atoms with van der Waals surface area (Å²) >= 11 is 2.92. The van der Waals surface area contributed by atoms with Crippen LogP contribution in [0.3, 0.4) is 0 Å². The molecule has 1 atom stereocenters. The van der Waals surface area contributed by atoms with Crippen LogP contribution in [0.1, 0.15) is 44.8 Å². The van der Waals surface area contributed by atoms with Crippen LogP contribution in [0.2, 0.25) is 0 Å². The van der Waals surface area contributed by atoms with Gasteiger partial charge in [0.2, 0.25) is 0 Å². The average Bonchev–Trinajstić information content (AvgIpc) is 3.69. The topological polar surface area (TPSA) is 106 Å². The third-order valence-electron chi connectivity index (χ3n) is 5.84. The number of thioether (sulfide) groups is 1. The summed E-state index contributed by atoms with van der Waals surface area (Å²) in [6.07, 6.45) is 2.11. The summed E-state index contributed by atoms with van der Waals surface area (Å²) < 4.78 is 6.87. The minimum atomic E-state index is -0.331. The van der Waals surface area contributed by atoms with Crippen molar-refractivity contribution in [1.29, 1.82) is 0 Å². The highest BCUT2D eigenvalue weighted by molar-refractivity contribution is 7.99. The molecular formula is C25H24N6O3S2. The van der Waals surface area contributed by atoms with Gasteiger partial charge in [0.25, 0.3) is 11.8 Å². The van der Waals surface area contributed by atoms with Gasteiger partial charge in [-0.3, -0.25) is 9.59 Å². The lowest BCUT2D eigenvalue weighted by atomic mass is 10.00. The van der Waals surface area contributed by atoms with Crippen LogP contribution in [0, 0.1) is 6.92 Å². The molecule has 2 amide bonds. The van der Waals surface area contributed by atoms with E-state index in [4.69, 9.17) is 9.52 Å². The molecule has 0 radical (unpaired) electrons. The number of amides is 2. The maximum atomic E-state index is 13.3. The van der Waals surface area contributed by atoms with Crippen LogP contribution in [0.25, 0.3) is 0 Å². The number of aromatic nitrogens is 3. The SMILES string of the molecule is Cc1ccc(C2CC(c3cccs3)=NN2C(=O)CSc2nnc(CNC(=O)c3ccco3)n2C)cc1. The first-order valence-corrected chi connectivity index (χ1v) is 13.2. The summed E-state index contributed by atoms with van der Waals surface area (Å²) in [7, 11) is 1.80. The molecule has 0 aliphatic carbocycles. The number of nitrogens with one attached hydrogen (secondary N) is 1. The van der Waals surface area contributed by atoms with Gasteiger partial charge < -0.3 is 14.3 Å². The fraction of sp³-hybridized carbons (Fsp3) is 0.240. The molecule has 184 valence electrons. The Labute approximate surface area is 216 Å². The summed E-state index contributed by atoms with van der Waals surface area (Å²) in [5.74, 6) is 0.528. The molecule has 11 heteroatoms. The van der Waals surface area contributed by atoms with E-state index in [1.165, 1.54) is 23.6 Å². The minimum absolute atomic E-state index is 0.104. The van der Waals surface area contributed by atoms with Gasteiger partial charge in [-0.05, 0) is 36.1 Å². The van der Waals surface area contributed by atoms with Gasteiger partial charge in [0.1, 0.15) is 0 Å². The molecule has 4 aromatic rings. The maximum Gasteiger partial charge on any atom is 0.287 e. The normalized spacial score (nSPS) is 15.2. The number of carbonyl (C=O) groups excluding carboxylic acids is 2. The summed E-state index contributed by atoms with van der Waals surface area (Å²) in [6.45, 7) is 2.23. The standard InChI is InChI=1S/C25H24N6O3S2/c1-16-7-9-17(10-8-16)19-13-18(21-6-4-12-35-21)29-31(19)23(32)15-36-25-28-27-22(30(25)2)14-26-24(33)20-5-3-11-34-20/h3-12,19H,13-15H2,1-2H3,(H,26,33). The molecule has 1 N–H and O–H groups in total. The number of hydrogen-bond donors (Lipinski definition) is 1. The summed E-state index contributed by atoms with van der Waals surface area (Å²) in [5.41, 5.74) is 3.15. The average molecular weight is 521 g/mol. The number of carbonyl (C=O) groups is 2. The lowest BCUT2D eigenvalue weighted by Gasteiger charge is -2.22. The zero-order chi connectivity index (χ0) is 25.1. The van der Waals surface area contributed by atoms with Crippen LogP contribution in [0.4, 0.5) is 0 Å². The molecule has 0 saturated heterocycles. The highest BCUT2D eigenvalue weighted by Gasteiger charge is 2.33. The van der Waals surface area contributed by atoms with Crippen molar-refractivity contribution < 1.29 is 14.0 Å². The van der Waals surface area contributed by atoms with Crippen LogP contribution in [-0.2, 0) is 18.4 Å². The van der Waals surface area contributed by atoms with Gasteiger partial charge in [0, 0.05) is 13.5 Å². The lowest BCUT2D eigenvalue weighted by Crippen LogP contribution is -2.28. The van der Waals surface area contributed by atoms with Crippen molar-refractivity contribution in [2.45, 2.75) is 31.1 Å². The van der Waals surface area contributed by atoms with E-state index < -0.39 is 0 Å². The quantitative estimate of drug-likeness (QED) is 0.350. The van der Waals surface area contributed by atoms with Crippen molar-refractivity contribution in [2.24, 2.45) is 12.1 Å². The zero-order valence-electron chi connectivity index (χ0n) is 19.7. The molecule has 9 nitrogen and oxygen atoms in total. The van der Waals surface area contributed by atoms with Crippen LogP contribution in [-0.4, -0.2) is 43.1 Å². The Morgan fingerprint density at radius 1 is 1.17 bits per heavy atom. The molecule has 1 unspecified atom stereocenters. The number of benzene rings is 1. The number of thiophene rings is 1. The number of aryl methyl sites for hydroxylation is 1. The summed E-state index contributed by atoms with van der Waals surface area (Å²) in [4.78, 5) is 26.5. The van der Waals surface area contributed by atoms with E-state index in [1.54, 1.807) is 40.1 Å². The monoisotopic (exact) mass is 520 g/mol. The molecule has 0 spiro atoms. The molecule has 0 saturated carbocycles. The molecular weight excluding hydrogens is 496 g/mol. The Morgan fingerprint density at radius 3 is 2.72 bits per heavy atom. The third-order valence-corrected chi connectivity index (χ3v) is 7.76. The van der Waals surface area contributed by atoms with Crippen molar-refractivity contribution in [1.82, 2.24) is 25.1 Å². The van der Waals surface area contributed by atoms with Crippen LogP contribution >= 0.6 is 23.1 Å². The molecule has 0 fully saturated rings. The molecule has 1 aliphatic rings. The number of nitrogens with zero attached hydrogens (tertiary/aromatic N) is 5. The van der Waals surface area contributed by atoms with Crippen LogP contribution in [0.15, 0.2) is 74.8 Å². The third kappa shape index (κ3) is 5.12. The number of hydrazone groups is 1. The van der Waals surface area contributed by atoms with Crippen LogP contribution < -0.4 is 5.32 Å². The Morgan fingerprint density at radius 2 is 2.00 bits per heavy atom. The second kappa shape index (κ2) is 10.5. The van der Waals surface area contributed by atoms with E-state index in [0.717, 1.165) is 16.2 Å². The molecule has 36 heavy (non-hydrogen) atoms. The van der Waals surface area contributed by atoms with Gasteiger partial charge in [-0.15, -0.1) is 21.5 Å². The van der Waals surface area contributed by atoms with E-state index in [0.29, 0.717) is 17.4 Å². The van der Waals surface area contributed by atoms with Crippen molar-refractivity contribution in [3.05, 3.63) is 87.8 Å². The van der Waals surface area contributed by atoms with E-state index >= 15 is 0 Å². The first kappa shape index (κ1) is 24.0. The Hall–Kier alpha value is -3.70. The fourth-order valence-corrected chi connectivity index (χ4v) is 5.35. The van der Waals surface area contributed by atoms with Gasteiger partial charge in [0.05, 0.1) is 35.2 Å². The molecule has 3 aromatic heterocycles. The van der Waals surface area contributed by atoms with Crippen molar-refractivity contribution in [3.63, 3.8) is 0 Å². The lowest BCUT2D eigenvalue weighted by molar-refractivity contribution is -0.130. The number of hydrogen-bond acceptors (Lipinski definition) is 8. The van der Waals surface area contributed by atoms with Crippen molar-refractivity contribution >= 4 is 40.6 Å². The Kier molecular flexibility index (Phi) is 7.01. The molecule has 1 aromatic carbocycles. The minimum Gasteiger partial charge on any atom is -0.459 e. The summed E-state index contributed by atoms with van der Waals surface area (Å²) in [5, 5.41) is 20.0. The molecule has 1 aliphatic heterocycles. The van der Waals surface area contributed by atoms with E-state index in [9.17, 15) is 9.59 Å². The van der Waals surface area contributed by atoms with Crippen molar-refractivity contribution in [3.8, 4) is 0 Å². The van der Waals surface area contributed by atoms with E-state index in [1.807, 2.05) is 24.4 Å². The van der Waals surface area contributed by atoms with E-state index in [2.05, 4.69) is 39.8 Å². The first-order valence-electron chi connectivity index (χ1n) is 11.3. The largest absolute Gasteiger partial charge is 0.459 e. The highest BCUT2D eigenvalue weighted by atomic mass is 32.2. The van der Waals surface area contributed by atoms with Gasteiger partial charge in [-0.1, -0.05) is 47.7 Å². The molecule has 0 bridgehead atoms. The van der Waals surface area contributed by atoms with Gasteiger partial charge in [-0.2, -0.15) is 5.10 Å². The second-order valence-corrected chi connectivity index (χ2v) is 10.2. The van der Waals surface area contributed by atoms with Gasteiger partial charge in [-0.25, -0.2) is 5.01 Å². The second-order valence-electron chi connectivity index (χ2n) is 8.30. The highest BCUT2D eigenvalue weighted by Crippen LogP contribution is 2.34. The Balaban J connectivity index is 1.26. The smallest absolute Gasteiger partial charge is 0.287 e. The number of rotatable bonds is 8. The first-order chi connectivity index (χ1) is 17.5. The predicted molar refractivity (Wildman–Crippen MR) is 138 cm³/mol. The van der Waals surface area contributed by atoms with Crippen LogP contribution in [0.5, 0.6) is 0 Å². The Bertz CT molecular complexity index is 1380. The fourth-order valence-electron chi connectivity index (χ4n) is 3.85. The number of furan rings is 1.